The number of nitrogens with one attached hydrogen (secondary N) is 1. The third-order valence-electron chi connectivity index (χ3n) is 3.55. The van der Waals surface area contributed by atoms with Crippen LogP contribution in [0, 0.1) is 17.1 Å². The van der Waals surface area contributed by atoms with Crippen LogP contribution in [0.25, 0.3) is 6.08 Å². The Balaban J connectivity index is 2.18. The fourth-order valence-electron chi connectivity index (χ4n) is 2.13. The predicted molar refractivity (Wildman–Crippen MR) is 93.8 cm³/mol. The monoisotopic (exact) mass is 322 g/mol. The topological polar surface area (TPSA) is 52.9 Å². The molecule has 0 saturated heterocycles. The molecule has 3 nitrogen and oxygen atoms in total. The molecule has 2 rings (SSSR count). The summed E-state index contributed by atoms with van der Waals surface area (Å²) in [6.07, 6.45) is 1.53. The van der Waals surface area contributed by atoms with Crippen LogP contribution in [0.5, 0.6) is 0 Å². The molecule has 4 heteroatoms. The first-order valence-corrected chi connectivity index (χ1v) is 7.59. The lowest BCUT2D eigenvalue weighted by Crippen LogP contribution is -2.13. The first kappa shape index (κ1) is 17.4. The highest BCUT2D eigenvalue weighted by Gasteiger charge is 2.13. The Morgan fingerprint density at radius 2 is 1.67 bits per heavy atom. The number of carbonyl (C=O) groups is 1. The maximum Gasteiger partial charge on any atom is 0.266 e. The van der Waals surface area contributed by atoms with Crippen molar-refractivity contribution in [2.24, 2.45) is 0 Å². The first-order chi connectivity index (χ1) is 11.3. The number of benzene rings is 2. The van der Waals surface area contributed by atoms with Gasteiger partial charge in [-0.2, -0.15) is 5.26 Å². The molecule has 0 aliphatic carbocycles. The van der Waals surface area contributed by atoms with Gasteiger partial charge >= 0.3 is 0 Å². The highest BCUT2D eigenvalue weighted by atomic mass is 19.1. The zero-order valence-electron chi connectivity index (χ0n) is 13.9. The van der Waals surface area contributed by atoms with Crippen LogP contribution in [0.4, 0.5) is 10.1 Å². The SMILES string of the molecule is CC(C)(C)c1ccc(/C=C(\C#N)C(=O)Nc2ccc(F)cc2)cc1. The van der Waals surface area contributed by atoms with E-state index in [0.29, 0.717) is 5.69 Å². The molecule has 122 valence electrons. The quantitative estimate of drug-likeness (QED) is 0.659. The van der Waals surface area contributed by atoms with Crippen LogP contribution in [0.15, 0.2) is 54.1 Å². The minimum Gasteiger partial charge on any atom is -0.321 e. The Morgan fingerprint density at radius 3 is 2.17 bits per heavy atom. The van der Waals surface area contributed by atoms with Crippen LogP contribution in [0.3, 0.4) is 0 Å². The van der Waals surface area contributed by atoms with Crippen molar-refractivity contribution in [3.05, 3.63) is 71.0 Å². The van der Waals surface area contributed by atoms with E-state index >= 15 is 0 Å². The van der Waals surface area contributed by atoms with E-state index in [-0.39, 0.29) is 16.8 Å². The van der Waals surface area contributed by atoms with E-state index < -0.39 is 5.91 Å². The molecule has 0 bridgehead atoms. The highest BCUT2D eigenvalue weighted by Crippen LogP contribution is 2.23. The smallest absolute Gasteiger partial charge is 0.266 e. The molecule has 24 heavy (non-hydrogen) atoms. The molecule has 1 amide bonds. The van der Waals surface area contributed by atoms with Gasteiger partial charge in [-0.1, -0.05) is 45.0 Å². The van der Waals surface area contributed by atoms with Crippen molar-refractivity contribution in [3.63, 3.8) is 0 Å². The zero-order valence-corrected chi connectivity index (χ0v) is 13.9. The van der Waals surface area contributed by atoms with Gasteiger partial charge in [0.2, 0.25) is 0 Å². The molecule has 0 fully saturated rings. The lowest BCUT2D eigenvalue weighted by molar-refractivity contribution is -0.112. The molecule has 0 radical (unpaired) electrons. The molecule has 2 aromatic rings. The van der Waals surface area contributed by atoms with Crippen LogP contribution < -0.4 is 5.32 Å². The molecule has 0 aromatic heterocycles. The second kappa shape index (κ2) is 7.10. The predicted octanol–water partition coefficient (Wildman–Crippen LogP) is 4.67. The standard InChI is InChI=1S/C20H19FN2O/c1-20(2,3)16-6-4-14(5-7-16)12-15(13-22)19(24)23-18-10-8-17(21)9-11-18/h4-12H,1-3H3,(H,23,24)/b15-12+. The van der Waals surface area contributed by atoms with Crippen molar-refractivity contribution in [1.29, 1.82) is 5.26 Å². The fourth-order valence-corrected chi connectivity index (χ4v) is 2.13. The second-order valence-electron chi connectivity index (χ2n) is 6.50. The lowest BCUT2D eigenvalue weighted by Gasteiger charge is -2.18. The van der Waals surface area contributed by atoms with E-state index in [4.69, 9.17) is 0 Å². The summed E-state index contributed by atoms with van der Waals surface area (Å²) in [5, 5.41) is 11.8. The average molecular weight is 322 g/mol. The van der Waals surface area contributed by atoms with E-state index in [0.717, 1.165) is 5.56 Å². The number of anilines is 1. The molecule has 0 heterocycles. The molecule has 1 N–H and O–H groups in total. The Bertz CT molecular complexity index is 792. The summed E-state index contributed by atoms with van der Waals surface area (Å²) in [6, 6.07) is 15.0. The van der Waals surface area contributed by atoms with Crippen molar-refractivity contribution in [2.45, 2.75) is 26.2 Å². The molecular formula is C20H19FN2O. The van der Waals surface area contributed by atoms with Gasteiger partial charge in [-0.25, -0.2) is 4.39 Å². The minimum absolute atomic E-state index is 0.0113. The summed E-state index contributed by atoms with van der Waals surface area (Å²) in [6.45, 7) is 6.36. The summed E-state index contributed by atoms with van der Waals surface area (Å²) in [5.41, 5.74) is 2.41. The van der Waals surface area contributed by atoms with Gasteiger partial charge in [-0.3, -0.25) is 4.79 Å². The Labute approximate surface area is 141 Å². The van der Waals surface area contributed by atoms with Crippen LogP contribution in [-0.4, -0.2) is 5.91 Å². The summed E-state index contributed by atoms with van der Waals surface area (Å²) in [5.74, 6) is -0.910. The maximum absolute atomic E-state index is 12.9. The van der Waals surface area contributed by atoms with Crippen molar-refractivity contribution in [3.8, 4) is 6.07 Å². The van der Waals surface area contributed by atoms with Crippen LogP contribution >= 0.6 is 0 Å². The third-order valence-corrected chi connectivity index (χ3v) is 3.55. The number of nitrogens with zero attached hydrogens (tertiary/aromatic N) is 1. The minimum atomic E-state index is -0.524. The average Bonchev–Trinajstić information content (AvgIpc) is 2.54. The highest BCUT2D eigenvalue weighted by molar-refractivity contribution is 6.09. The molecule has 0 spiro atoms. The van der Waals surface area contributed by atoms with Gasteiger partial charge in [0.15, 0.2) is 0 Å². The second-order valence-corrected chi connectivity index (χ2v) is 6.50. The van der Waals surface area contributed by atoms with E-state index in [2.05, 4.69) is 26.1 Å². The van der Waals surface area contributed by atoms with Gasteiger partial charge in [0, 0.05) is 5.69 Å². The number of carbonyl (C=O) groups excluding carboxylic acids is 1. The summed E-state index contributed by atoms with van der Waals surface area (Å²) < 4.78 is 12.9. The molecule has 0 saturated carbocycles. The van der Waals surface area contributed by atoms with Crippen LogP contribution in [0.2, 0.25) is 0 Å². The Morgan fingerprint density at radius 1 is 1.08 bits per heavy atom. The zero-order chi connectivity index (χ0) is 17.7. The molecular weight excluding hydrogens is 303 g/mol. The largest absolute Gasteiger partial charge is 0.321 e. The van der Waals surface area contributed by atoms with Crippen LogP contribution in [-0.2, 0) is 10.2 Å². The van der Waals surface area contributed by atoms with E-state index in [1.807, 2.05) is 30.3 Å². The summed E-state index contributed by atoms with van der Waals surface area (Å²) in [4.78, 5) is 12.2. The van der Waals surface area contributed by atoms with Crippen LogP contribution in [0.1, 0.15) is 31.9 Å². The number of hydrogen-bond donors (Lipinski definition) is 1. The third kappa shape index (κ3) is 4.53. The van der Waals surface area contributed by atoms with E-state index in [9.17, 15) is 14.4 Å². The lowest BCUT2D eigenvalue weighted by atomic mass is 9.86. The Kier molecular flexibility index (Phi) is 5.15. The van der Waals surface area contributed by atoms with Gasteiger partial charge in [0.25, 0.3) is 5.91 Å². The normalized spacial score (nSPS) is 11.7. The van der Waals surface area contributed by atoms with Crippen molar-refractivity contribution in [1.82, 2.24) is 0 Å². The van der Waals surface area contributed by atoms with Crippen molar-refractivity contribution >= 4 is 17.7 Å². The molecule has 2 aromatic carbocycles. The van der Waals surface area contributed by atoms with E-state index in [1.54, 1.807) is 0 Å². The molecule has 0 aliphatic rings. The first-order valence-electron chi connectivity index (χ1n) is 7.59. The van der Waals surface area contributed by atoms with Crippen molar-refractivity contribution < 1.29 is 9.18 Å². The molecule has 0 aliphatic heterocycles. The van der Waals surface area contributed by atoms with Gasteiger partial charge in [0.05, 0.1) is 0 Å². The van der Waals surface area contributed by atoms with Gasteiger partial charge in [-0.05, 0) is 46.9 Å². The van der Waals surface area contributed by atoms with Gasteiger partial charge < -0.3 is 5.32 Å². The summed E-state index contributed by atoms with van der Waals surface area (Å²) in [7, 11) is 0. The van der Waals surface area contributed by atoms with Gasteiger partial charge in [0.1, 0.15) is 17.5 Å². The molecule has 0 unspecified atom stereocenters. The molecule has 0 atom stereocenters. The maximum atomic E-state index is 12.9. The number of hydrogen-bond acceptors (Lipinski definition) is 2. The number of halogens is 1. The van der Waals surface area contributed by atoms with Gasteiger partial charge in [-0.15, -0.1) is 0 Å². The fraction of sp³-hybridized carbons (Fsp3) is 0.200. The summed E-state index contributed by atoms with van der Waals surface area (Å²) >= 11 is 0. The number of rotatable bonds is 3. The number of nitriles is 1. The Hall–Kier alpha value is -2.93. The van der Waals surface area contributed by atoms with E-state index in [1.165, 1.54) is 35.9 Å². The van der Waals surface area contributed by atoms with Crippen molar-refractivity contribution in [2.75, 3.05) is 5.32 Å². The number of amides is 1.